The Bertz CT molecular complexity index is 888. The van der Waals surface area contributed by atoms with Crippen molar-refractivity contribution in [3.63, 3.8) is 0 Å². The van der Waals surface area contributed by atoms with Gasteiger partial charge in [-0.25, -0.2) is 10.0 Å². The molecule has 0 fully saturated rings. The Morgan fingerprint density at radius 3 is 2.71 bits per heavy atom. The number of carbonyl (C=O) groups excluding carboxylic acids is 1. The second-order valence-electron chi connectivity index (χ2n) is 5.60. The highest BCUT2D eigenvalue weighted by Gasteiger charge is 2.31. The lowest BCUT2D eigenvalue weighted by atomic mass is 10.1. The Morgan fingerprint density at radius 2 is 1.92 bits per heavy atom. The van der Waals surface area contributed by atoms with Crippen LogP contribution in [0.4, 0.5) is 5.69 Å². The number of hydrogen-bond acceptors (Lipinski definition) is 5. The number of halogens is 1. The first-order chi connectivity index (χ1) is 11.6. The van der Waals surface area contributed by atoms with Gasteiger partial charge in [-0.2, -0.15) is 5.10 Å². The summed E-state index contributed by atoms with van der Waals surface area (Å²) in [6.45, 7) is 2.12. The zero-order valence-corrected chi connectivity index (χ0v) is 13.6. The molecule has 2 heterocycles. The predicted octanol–water partition coefficient (Wildman–Crippen LogP) is 2.34. The van der Waals surface area contributed by atoms with Crippen LogP contribution in [-0.4, -0.2) is 29.1 Å². The van der Waals surface area contributed by atoms with Gasteiger partial charge in [0.2, 0.25) is 0 Å². The van der Waals surface area contributed by atoms with E-state index in [0.29, 0.717) is 16.7 Å². The average Bonchev–Trinajstić information content (AvgIpc) is 2.76. The quantitative estimate of drug-likeness (QED) is 0.838. The van der Waals surface area contributed by atoms with Crippen molar-refractivity contribution in [3.05, 3.63) is 64.2 Å². The molecule has 6 nitrogen and oxygen atoms in total. The smallest absolute Gasteiger partial charge is 0.259 e. The molecule has 0 saturated carbocycles. The number of rotatable bonds is 1. The lowest BCUT2D eigenvalue weighted by Gasteiger charge is -2.30. The van der Waals surface area contributed by atoms with Crippen LogP contribution >= 0.6 is 11.6 Å². The summed E-state index contributed by atoms with van der Waals surface area (Å²) in [5, 5.41) is 6.53. The van der Waals surface area contributed by atoms with E-state index in [1.165, 1.54) is 0 Å². The minimum absolute atomic E-state index is 0.0943. The van der Waals surface area contributed by atoms with E-state index in [4.69, 9.17) is 16.6 Å². The molecule has 4 rings (SSSR count). The summed E-state index contributed by atoms with van der Waals surface area (Å²) >= 11 is 6.12. The lowest BCUT2D eigenvalue weighted by Crippen LogP contribution is -2.51. The van der Waals surface area contributed by atoms with Gasteiger partial charge in [0.25, 0.3) is 5.91 Å². The fourth-order valence-electron chi connectivity index (χ4n) is 2.63. The zero-order chi connectivity index (χ0) is 16.7. The van der Waals surface area contributed by atoms with Crippen molar-refractivity contribution in [1.29, 1.82) is 0 Å². The molecule has 2 aromatic rings. The molecule has 0 bridgehead atoms. The Labute approximate surface area is 143 Å². The first-order valence-corrected chi connectivity index (χ1v) is 7.85. The van der Waals surface area contributed by atoms with Crippen LogP contribution in [-0.2, 0) is 4.79 Å². The number of nitrogens with one attached hydrogen (secondary N) is 2. The van der Waals surface area contributed by atoms with E-state index in [9.17, 15) is 4.79 Å². The number of fused-ring (bicyclic) bond motifs is 3. The number of benzene rings is 2. The summed E-state index contributed by atoms with van der Waals surface area (Å²) < 4.78 is 0. The van der Waals surface area contributed by atoms with Gasteiger partial charge < -0.3 is 0 Å². The highest BCUT2D eigenvalue weighted by Crippen LogP contribution is 2.30. The number of hydrazine groups is 1. The van der Waals surface area contributed by atoms with E-state index in [1.807, 2.05) is 37.3 Å². The standard InChI is InChI=1S/C17H14ClN5O/c1-10-2-4-11(5-3-10)16-20-14-7-6-12(18)8-13(14)17-21-19-9-15(24)22-23(16)17/h2-8,19H,9H2,1H3,(H,22,24). The molecule has 2 N–H and O–H groups in total. The fraction of sp³-hybridized carbons (Fsp3) is 0.118. The van der Waals surface area contributed by atoms with Crippen molar-refractivity contribution in [2.75, 3.05) is 6.54 Å². The second kappa shape index (κ2) is 5.65. The SMILES string of the molecule is Cc1ccc(C2=Nc3ccc(Cl)cc3C3=NNCC(=O)NN23)cc1. The molecule has 120 valence electrons. The monoisotopic (exact) mass is 339 g/mol. The van der Waals surface area contributed by atoms with Crippen LogP contribution in [0.2, 0.25) is 5.02 Å². The molecule has 0 spiro atoms. The van der Waals surface area contributed by atoms with Crippen LogP contribution < -0.4 is 10.9 Å². The summed E-state index contributed by atoms with van der Waals surface area (Å²) in [6, 6.07) is 13.4. The van der Waals surface area contributed by atoms with Crippen LogP contribution in [0.15, 0.2) is 52.6 Å². The Balaban J connectivity index is 1.92. The minimum Gasteiger partial charge on any atom is -0.298 e. The number of hydrogen-bond donors (Lipinski definition) is 2. The molecule has 0 radical (unpaired) electrons. The zero-order valence-electron chi connectivity index (χ0n) is 12.9. The average molecular weight is 340 g/mol. The summed E-state index contributed by atoms with van der Waals surface area (Å²) in [5.41, 5.74) is 9.15. The Hall–Kier alpha value is -2.86. The molecule has 7 heteroatoms. The van der Waals surface area contributed by atoms with E-state index in [0.717, 1.165) is 22.4 Å². The van der Waals surface area contributed by atoms with E-state index >= 15 is 0 Å². The van der Waals surface area contributed by atoms with Crippen LogP contribution in [0.3, 0.4) is 0 Å². The number of hydrazone groups is 1. The van der Waals surface area contributed by atoms with Gasteiger partial charge in [0.1, 0.15) is 6.54 Å². The van der Waals surface area contributed by atoms with Gasteiger partial charge in [-0.15, -0.1) is 0 Å². The van der Waals surface area contributed by atoms with Crippen molar-refractivity contribution in [2.24, 2.45) is 10.1 Å². The van der Waals surface area contributed by atoms with E-state index in [-0.39, 0.29) is 12.5 Å². The molecule has 0 unspecified atom stereocenters. The van der Waals surface area contributed by atoms with Gasteiger partial charge >= 0.3 is 0 Å². The maximum absolute atomic E-state index is 12.0. The van der Waals surface area contributed by atoms with Crippen molar-refractivity contribution in [3.8, 4) is 0 Å². The first-order valence-electron chi connectivity index (χ1n) is 7.47. The largest absolute Gasteiger partial charge is 0.298 e. The maximum Gasteiger partial charge on any atom is 0.259 e. The van der Waals surface area contributed by atoms with Gasteiger partial charge in [0.05, 0.1) is 5.69 Å². The van der Waals surface area contributed by atoms with Gasteiger partial charge in [-0.05, 0) is 25.1 Å². The Morgan fingerprint density at radius 1 is 1.12 bits per heavy atom. The topological polar surface area (TPSA) is 69.1 Å². The third kappa shape index (κ3) is 2.51. The van der Waals surface area contributed by atoms with Crippen LogP contribution in [0.5, 0.6) is 0 Å². The van der Waals surface area contributed by atoms with Crippen molar-refractivity contribution in [1.82, 2.24) is 15.9 Å². The molecule has 2 aliphatic heterocycles. The highest BCUT2D eigenvalue weighted by atomic mass is 35.5. The van der Waals surface area contributed by atoms with Crippen LogP contribution in [0.1, 0.15) is 16.7 Å². The molecule has 2 aromatic carbocycles. The summed E-state index contributed by atoms with van der Waals surface area (Å²) in [7, 11) is 0. The van der Waals surface area contributed by atoms with Crippen molar-refractivity contribution in [2.45, 2.75) is 6.92 Å². The van der Waals surface area contributed by atoms with E-state index in [2.05, 4.69) is 16.0 Å². The van der Waals surface area contributed by atoms with Gasteiger partial charge in [0, 0.05) is 16.1 Å². The molecule has 0 atom stereocenters. The molecular weight excluding hydrogens is 326 g/mol. The lowest BCUT2D eigenvalue weighted by molar-refractivity contribution is -0.122. The van der Waals surface area contributed by atoms with Gasteiger partial charge in [-0.1, -0.05) is 41.4 Å². The predicted molar refractivity (Wildman–Crippen MR) is 93.3 cm³/mol. The van der Waals surface area contributed by atoms with E-state index in [1.54, 1.807) is 17.1 Å². The van der Waals surface area contributed by atoms with E-state index < -0.39 is 0 Å². The summed E-state index contributed by atoms with van der Waals surface area (Å²) in [4.78, 5) is 16.7. The van der Waals surface area contributed by atoms with Gasteiger partial charge in [0.15, 0.2) is 11.7 Å². The summed E-state index contributed by atoms with van der Waals surface area (Å²) in [6.07, 6.45) is 0. The maximum atomic E-state index is 12.0. The number of aryl methyl sites for hydroxylation is 1. The molecular formula is C17H14ClN5O. The molecule has 0 aliphatic carbocycles. The Kier molecular flexibility index (Phi) is 3.46. The minimum atomic E-state index is -0.195. The molecule has 2 aliphatic rings. The fourth-order valence-corrected chi connectivity index (χ4v) is 2.80. The molecule has 0 saturated heterocycles. The van der Waals surface area contributed by atoms with Crippen LogP contribution in [0.25, 0.3) is 0 Å². The number of aliphatic imine (C=N–C) groups is 1. The molecule has 0 aromatic heterocycles. The summed E-state index contributed by atoms with van der Waals surface area (Å²) in [5.74, 6) is 0.976. The van der Waals surface area contributed by atoms with Crippen LogP contribution in [0, 0.1) is 6.92 Å². The molecule has 24 heavy (non-hydrogen) atoms. The normalized spacial score (nSPS) is 16.1. The molecule has 1 amide bonds. The number of amides is 1. The highest BCUT2D eigenvalue weighted by molar-refractivity contribution is 6.31. The first kappa shape index (κ1) is 14.7. The number of nitrogens with zero attached hydrogens (tertiary/aromatic N) is 3. The third-order valence-electron chi connectivity index (χ3n) is 3.82. The number of amidine groups is 2. The second-order valence-corrected chi connectivity index (χ2v) is 6.04. The third-order valence-corrected chi connectivity index (χ3v) is 4.06. The van der Waals surface area contributed by atoms with Gasteiger partial charge in [-0.3, -0.25) is 15.6 Å². The van der Waals surface area contributed by atoms with Crippen molar-refractivity contribution < 1.29 is 4.79 Å². The number of carbonyl (C=O) groups is 1. The van der Waals surface area contributed by atoms with Crippen molar-refractivity contribution >= 4 is 34.9 Å².